The first-order valence-corrected chi connectivity index (χ1v) is 15.9. The molecule has 230 valence electrons. The maximum Gasteiger partial charge on any atom is 0.164 e. The van der Waals surface area contributed by atoms with Gasteiger partial charge in [-0.2, -0.15) is 0 Å². The van der Waals surface area contributed by atoms with Gasteiger partial charge in [-0.05, 0) is 51.6 Å². The minimum Gasteiger partial charge on any atom is -0.456 e. The van der Waals surface area contributed by atoms with Gasteiger partial charge in [-0.15, -0.1) is 0 Å². The van der Waals surface area contributed by atoms with Crippen molar-refractivity contribution in [2.45, 2.75) is 0 Å². The molecule has 0 amide bonds. The monoisotopic (exact) mass is 632 g/mol. The minimum absolute atomic E-state index is 0.0175. The second kappa shape index (κ2) is 12.2. The van der Waals surface area contributed by atoms with E-state index in [1.54, 1.807) is 0 Å². The van der Waals surface area contributed by atoms with Gasteiger partial charge in [0.15, 0.2) is 17.5 Å². The molecule has 0 spiro atoms. The van der Waals surface area contributed by atoms with Crippen LogP contribution in [0.3, 0.4) is 0 Å². The van der Waals surface area contributed by atoms with Crippen LogP contribution < -0.4 is 0 Å². The Kier molecular flexibility index (Phi) is 5.87. The van der Waals surface area contributed by atoms with Crippen LogP contribution in [-0.2, 0) is 0 Å². The first-order chi connectivity index (χ1) is 26.3. The number of rotatable bonds is 6. The van der Waals surface area contributed by atoms with E-state index in [0.717, 1.165) is 33.0 Å². The normalized spacial score (nSPS) is 12.7. The van der Waals surface area contributed by atoms with Gasteiger partial charge in [0.25, 0.3) is 0 Å². The lowest BCUT2D eigenvalue weighted by molar-refractivity contribution is 0.669. The smallest absolute Gasteiger partial charge is 0.164 e. The highest BCUT2D eigenvalue weighted by atomic mass is 16.3. The summed E-state index contributed by atoms with van der Waals surface area (Å²) in [6.07, 6.45) is 0. The van der Waals surface area contributed by atoms with Gasteiger partial charge in [0, 0.05) is 27.5 Å². The maximum atomic E-state index is 8.66. The standard InChI is InChI=1S/C45H29N3O/c1-4-11-30(12-5-1)31-19-21-32(22-20-31)33-23-25-34(26-24-33)37-27-28-40-39(29-37)42-38(17-10-18-41(42)49-40)45-47-43(35-13-6-2-7-14-35)46-44(48-45)36-15-8-3-9-16-36/h1-29H/i2D,6D,7D,13D,14D. The number of nitrogens with zero attached hydrogens (tertiary/aromatic N) is 3. The lowest BCUT2D eigenvalue weighted by Gasteiger charge is -2.09. The van der Waals surface area contributed by atoms with Crippen molar-refractivity contribution in [3.63, 3.8) is 0 Å². The Labute approximate surface area is 291 Å². The highest BCUT2D eigenvalue weighted by Crippen LogP contribution is 2.38. The Morgan fingerprint density at radius 3 is 1.53 bits per heavy atom. The Balaban J connectivity index is 1.15. The lowest BCUT2D eigenvalue weighted by Crippen LogP contribution is -2.00. The molecule has 49 heavy (non-hydrogen) atoms. The quantitative estimate of drug-likeness (QED) is 0.183. The average Bonchev–Trinajstić information content (AvgIpc) is 3.61. The van der Waals surface area contributed by atoms with Crippen molar-refractivity contribution in [1.29, 1.82) is 0 Å². The highest BCUT2D eigenvalue weighted by Gasteiger charge is 2.18. The molecule has 0 unspecified atom stereocenters. The molecule has 0 atom stereocenters. The van der Waals surface area contributed by atoms with Gasteiger partial charge in [-0.1, -0.05) is 158 Å². The lowest BCUT2D eigenvalue weighted by atomic mass is 9.97. The fourth-order valence-corrected chi connectivity index (χ4v) is 6.22. The van der Waals surface area contributed by atoms with Gasteiger partial charge in [0.05, 0.1) is 6.85 Å². The third kappa shape index (κ3) is 5.45. The first kappa shape index (κ1) is 23.6. The Morgan fingerprint density at radius 2 is 0.898 bits per heavy atom. The predicted octanol–water partition coefficient (Wildman–Crippen LogP) is 11.8. The van der Waals surface area contributed by atoms with Crippen LogP contribution in [0, 0.1) is 0 Å². The van der Waals surface area contributed by atoms with Gasteiger partial charge < -0.3 is 4.42 Å². The van der Waals surface area contributed by atoms with E-state index in [-0.39, 0.29) is 29.3 Å². The third-order valence-corrected chi connectivity index (χ3v) is 8.67. The van der Waals surface area contributed by atoms with Crippen molar-refractivity contribution in [1.82, 2.24) is 15.0 Å². The van der Waals surface area contributed by atoms with Crippen LogP contribution in [0.4, 0.5) is 0 Å². The molecular weight excluding hydrogens is 599 g/mol. The number of fused-ring (bicyclic) bond motifs is 3. The number of hydrogen-bond acceptors (Lipinski definition) is 4. The van der Waals surface area contributed by atoms with Crippen LogP contribution in [-0.4, -0.2) is 15.0 Å². The minimum atomic E-state index is -0.483. The zero-order chi connectivity index (χ0) is 36.9. The Bertz CT molecular complexity index is 2830. The third-order valence-electron chi connectivity index (χ3n) is 8.67. The van der Waals surface area contributed by atoms with Crippen molar-refractivity contribution in [3.8, 4) is 67.5 Å². The Hall–Kier alpha value is -6.65. The summed E-state index contributed by atoms with van der Waals surface area (Å²) in [6, 6.07) is 46.4. The second-order valence-electron chi connectivity index (χ2n) is 11.7. The summed E-state index contributed by atoms with van der Waals surface area (Å²) in [5, 5.41) is 1.66. The fraction of sp³-hybridized carbons (Fsp3) is 0. The topological polar surface area (TPSA) is 51.8 Å². The number of hydrogen-bond donors (Lipinski definition) is 0. The molecule has 7 aromatic carbocycles. The molecule has 0 radical (unpaired) electrons. The van der Waals surface area contributed by atoms with E-state index >= 15 is 0 Å². The van der Waals surface area contributed by atoms with Gasteiger partial charge in [0.2, 0.25) is 0 Å². The van der Waals surface area contributed by atoms with E-state index in [2.05, 4.69) is 71.7 Å². The SMILES string of the molecule is [2H]c1c([2H])c([2H])c(-c2nc(-c3ccccc3)nc(-c3cccc4oc5ccc(-c6ccc(-c7ccc(-c8ccccc8)cc7)cc6)cc5c34)n2)c([2H])c1[2H]. The molecule has 0 bridgehead atoms. The molecule has 0 saturated carbocycles. The van der Waals surface area contributed by atoms with Crippen LogP contribution in [0.2, 0.25) is 0 Å². The van der Waals surface area contributed by atoms with Crippen LogP contribution in [0.5, 0.6) is 0 Å². The number of furan rings is 1. The zero-order valence-corrected chi connectivity index (χ0v) is 26.1. The summed E-state index contributed by atoms with van der Waals surface area (Å²) in [6.45, 7) is 0. The number of benzene rings is 7. The van der Waals surface area contributed by atoms with E-state index in [4.69, 9.17) is 21.2 Å². The number of aromatic nitrogens is 3. The average molecular weight is 633 g/mol. The molecule has 0 saturated heterocycles. The molecule has 0 aliphatic rings. The van der Waals surface area contributed by atoms with Crippen molar-refractivity contribution in [3.05, 3.63) is 176 Å². The molecule has 0 fully saturated rings. The van der Waals surface area contributed by atoms with Crippen molar-refractivity contribution >= 4 is 21.9 Å². The molecule has 0 N–H and O–H groups in total. The van der Waals surface area contributed by atoms with Gasteiger partial charge >= 0.3 is 0 Å². The summed E-state index contributed by atoms with van der Waals surface area (Å²) in [4.78, 5) is 14.3. The zero-order valence-electron chi connectivity index (χ0n) is 31.1. The Morgan fingerprint density at radius 1 is 0.388 bits per heavy atom. The van der Waals surface area contributed by atoms with Crippen LogP contribution in [0.1, 0.15) is 6.85 Å². The molecule has 9 rings (SSSR count). The summed E-state index contributed by atoms with van der Waals surface area (Å²) in [5.41, 5.74) is 9.26. The molecule has 2 aromatic heterocycles. The molecule has 2 heterocycles. The molecule has 9 aromatic rings. The summed E-state index contributed by atoms with van der Waals surface area (Å²) < 4.78 is 48.3. The van der Waals surface area contributed by atoms with E-state index in [1.165, 1.54) is 11.1 Å². The largest absolute Gasteiger partial charge is 0.456 e. The van der Waals surface area contributed by atoms with Gasteiger partial charge in [-0.3, -0.25) is 0 Å². The van der Waals surface area contributed by atoms with Gasteiger partial charge in [0.1, 0.15) is 11.2 Å². The fourth-order valence-electron chi connectivity index (χ4n) is 6.22. The van der Waals surface area contributed by atoms with Crippen LogP contribution >= 0.6 is 0 Å². The van der Waals surface area contributed by atoms with E-state index in [9.17, 15) is 0 Å². The maximum absolute atomic E-state index is 8.66. The molecule has 0 aliphatic carbocycles. The van der Waals surface area contributed by atoms with E-state index in [1.807, 2.05) is 78.9 Å². The van der Waals surface area contributed by atoms with Gasteiger partial charge in [-0.25, -0.2) is 15.0 Å². The van der Waals surface area contributed by atoms with Crippen molar-refractivity contribution in [2.24, 2.45) is 0 Å². The summed E-state index contributed by atoms with van der Waals surface area (Å²) in [5.74, 6) is 0.575. The van der Waals surface area contributed by atoms with E-state index < -0.39 is 18.1 Å². The van der Waals surface area contributed by atoms with Crippen molar-refractivity contribution in [2.75, 3.05) is 0 Å². The summed E-state index contributed by atoms with van der Waals surface area (Å²) >= 11 is 0. The molecule has 4 nitrogen and oxygen atoms in total. The molecule has 0 aliphatic heterocycles. The van der Waals surface area contributed by atoms with E-state index in [0.29, 0.717) is 28.1 Å². The van der Waals surface area contributed by atoms with Crippen molar-refractivity contribution < 1.29 is 11.3 Å². The first-order valence-electron chi connectivity index (χ1n) is 18.4. The van der Waals surface area contributed by atoms with Crippen LogP contribution in [0.25, 0.3) is 89.5 Å². The highest BCUT2D eigenvalue weighted by molar-refractivity contribution is 6.12. The summed E-state index contributed by atoms with van der Waals surface area (Å²) in [7, 11) is 0. The molecule has 4 heteroatoms. The second-order valence-corrected chi connectivity index (χ2v) is 11.7. The van der Waals surface area contributed by atoms with Crippen LogP contribution in [0.15, 0.2) is 180 Å². The predicted molar refractivity (Wildman–Crippen MR) is 200 cm³/mol. The molecular formula is C45H29N3O.